The third kappa shape index (κ3) is 3.20. The zero-order valence-corrected chi connectivity index (χ0v) is 14.2. The van der Waals surface area contributed by atoms with E-state index < -0.39 is 23.0 Å². The second kappa shape index (κ2) is 6.59. The molecule has 2 heterocycles. The average Bonchev–Trinajstić information content (AvgIpc) is 2.48. The van der Waals surface area contributed by atoms with E-state index in [-0.39, 0.29) is 10.7 Å². The van der Waals surface area contributed by atoms with Gasteiger partial charge >= 0.3 is 0 Å². The molecule has 0 aliphatic carbocycles. The van der Waals surface area contributed by atoms with E-state index in [4.69, 9.17) is 11.6 Å². The van der Waals surface area contributed by atoms with Crippen LogP contribution in [0, 0.1) is 30.3 Å². The van der Waals surface area contributed by atoms with Gasteiger partial charge in [0, 0.05) is 25.2 Å². The van der Waals surface area contributed by atoms with Gasteiger partial charge in [0.25, 0.3) is 0 Å². The number of halogens is 4. The first-order chi connectivity index (χ1) is 11.4. The van der Waals surface area contributed by atoms with Crippen LogP contribution >= 0.6 is 11.6 Å². The van der Waals surface area contributed by atoms with E-state index in [1.54, 1.807) is 6.92 Å². The second-order valence-electron chi connectivity index (χ2n) is 6.20. The quantitative estimate of drug-likeness (QED) is 0.727. The SMILES string of the molecule is Cc1nc(Cl)c(-c2c(F)cc(F)cc2F)c(N2CCCC(C)C2)n1. The molecule has 128 valence electrons. The molecular formula is C17H17ClF3N3. The lowest BCUT2D eigenvalue weighted by Crippen LogP contribution is -2.35. The van der Waals surface area contributed by atoms with Gasteiger partial charge in [-0.25, -0.2) is 23.1 Å². The van der Waals surface area contributed by atoms with Crippen LogP contribution in [0.3, 0.4) is 0 Å². The van der Waals surface area contributed by atoms with Gasteiger partial charge in [-0.1, -0.05) is 18.5 Å². The Hall–Kier alpha value is -1.82. The van der Waals surface area contributed by atoms with Gasteiger partial charge in [0.15, 0.2) is 0 Å². The van der Waals surface area contributed by atoms with Gasteiger partial charge in [0.2, 0.25) is 0 Å². The Morgan fingerprint density at radius 2 is 1.79 bits per heavy atom. The van der Waals surface area contributed by atoms with Crippen molar-refractivity contribution in [3.05, 3.63) is 40.6 Å². The van der Waals surface area contributed by atoms with Crippen LogP contribution < -0.4 is 4.90 Å². The first kappa shape index (κ1) is 17.0. The fourth-order valence-corrected chi connectivity index (χ4v) is 3.43. The second-order valence-corrected chi connectivity index (χ2v) is 6.56. The van der Waals surface area contributed by atoms with Crippen LogP contribution in [0.1, 0.15) is 25.6 Å². The maximum atomic E-state index is 14.3. The van der Waals surface area contributed by atoms with Gasteiger partial charge < -0.3 is 4.90 Å². The van der Waals surface area contributed by atoms with Gasteiger partial charge in [-0.2, -0.15) is 0 Å². The van der Waals surface area contributed by atoms with E-state index in [1.165, 1.54) is 0 Å². The van der Waals surface area contributed by atoms with E-state index in [0.717, 1.165) is 12.8 Å². The lowest BCUT2D eigenvalue weighted by molar-refractivity contribution is 0.444. The number of rotatable bonds is 2. The summed E-state index contributed by atoms with van der Waals surface area (Å²) in [6.07, 6.45) is 2.04. The van der Waals surface area contributed by atoms with Crippen molar-refractivity contribution in [3.63, 3.8) is 0 Å². The minimum Gasteiger partial charge on any atom is -0.356 e. The average molecular weight is 356 g/mol. The molecule has 1 aromatic heterocycles. The summed E-state index contributed by atoms with van der Waals surface area (Å²) in [5, 5.41) is -0.0415. The first-order valence-corrected chi connectivity index (χ1v) is 8.18. The number of nitrogens with zero attached hydrogens (tertiary/aromatic N) is 3. The molecule has 1 aromatic carbocycles. The van der Waals surface area contributed by atoms with Gasteiger partial charge in [-0.3, -0.25) is 0 Å². The van der Waals surface area contributed by atoms with E-state index in [2.05, 4.69) is 16.9 Å². The van der Waals surface area contributed by atoms with E-state index >= 15 is 0 Å². The summed E-state index contributed by atoms with van der Waals surface area (Å²) in [6.45, 7) is 5.21. The molecule has 3 nitrogen and oxygen atoms in total. The monoisotopic (exact) mass is 355 g/mol. The van der Waals surface area contributed by atoms with Crippen molar-refractivity contribution in [3.8, 4) is 11.1 Å². The predicted octanol–water partition coefficient (Wildman–Crippen LogP) is 4.76. The largest absolute Gasteiger partial charge is 0.356 e. The molecular weight excluding hydrogens is 339 g/mol. The Morgan fingerprint density at radius 1 is 1.12 bits per heavy atom. The van der Waals surface area contributed by atoms with Gasteiger partial charge in [0.05, 0.1) is 11.1 Å². The molecule has 1 saturated heterocycles. The Kier molecular flexibility index (Phi) is 4.67. The van der Waals surface area contributed by atoms with Crippen LogP contribution in [0.2, 0.25) is 5.15 Å². The van der Waals surface area contributed by atoms with Crippen molar-refractivity contribution in [2.75, 3.05) is 18.0 Å². The molecule has 1 aliphatic rings. The van der Waals surface area contributed by atoms with Crippen LogP contribution in [0.4, 0.5) is 19.0 Å². The summed E-state index contributed by atoms with van der Waals surface area (Å²) in [4.78, 5) is 10.4. The zero-order chi connectivity index (χ0) is 17.4. The number of hydrogen-bond donors (Lipinski definition) is 0. The standard InChI is InChI=1S/C17H17ClF3N3/c1-9-4-3-5-24(8-9)17-15(16(18)22-10(2)23-17)14-12(20)6-11(19)7-13(14)21/h6-7,9H,3-5,8H2,1-2H3. The van der Waals surface area contributed by atoms with Crippen molar-refractivity contribution < 1.29 is 13.2 Å². The highest BCUT2D eigenvalue weighted by Gasteiger charge is 2.27. The normalized spacial score (nSPS) is 18.1. The summed E-state index contributed by atoms with van der Waals surface area (Å²) in [7, 11) is 0. The summed E-state index contributed by atoms with van der Waals surface area (Å²) >= 11 is 6.20. The highest BCUT2D eigenvalue weighted by molar-refractivity contribution is 6.32. The fraction of sp³-hybridized carbons (Fsp3) is 0.412. The molecule has 1 unspecified atom stereocenters. The number of benzene rings is 1. The number of piperidine rings is 1. The molecule has 24 heavy (non-hydrogen) atoms. The first-order valence-electron chi connectivity index (χ1n) is 7.80. The van der Waals surface area contributed by atoms with Gasteiger partial charge in [0.1, 0.15) is 34.2 Å². The van der Waals surface area contributed by atoms with Crippen molar-refractivity contribution in [1.82, 2.24) is 9.97 Å². The smallest absolute Gasteiger partial charge is 0.142 e. The van der Waals surface area contributed by atoms with E-state index in [0.29, 0.717) is 42.8 Å². The molecule has 0 radical (unpaired) electrons. The van der Waals surface area contributed by atoms with Crippen LogP contribution in [-0.4, -0.2) is 23.1 Å². The van der Waals surface area contributed by atoms with Crippen molar-refractivity contribution >= 4 is 17.4 Å². The molecule has 7 heteroatoms. The molecule has 3 rings (SSSR count). The Labute approximate surface area is 143 Å². The topological polar surface area (TPSA) is 29.0 Å². The Bertz CT molecular complexity index is 759. The third-order valence-electron chi connectivity index (χ3n) is 4.17. The van der Waals surface area contributed by atoms with Crippen LogP contribution in [-0.2, 0) is 0 Å². The van der Waals surface area contributed by atoms with Crippen molar-refractivity contribution in [1.29, 1.82) is 0 Å². The highest BCUT2D eigenvalue weighted by Crippen LogP contribution is 2.39. The van der Waals surface area contributed by atoms with E-state index in [1.807, 2.05) is 4.90 Å². The number of anilines is 1. The highest BCUT2D eigenvalue weighted by atomic mass is 35.5. The minimum absolute atomic E-state index is 0.0415. The van der Waals surface area contributed by atoms with Crippen molar-refractivity contribution in [2.45, 2.75) is 26.7 Å². The third-order valence-corrected chi connectivity index (χ3v) is 4.44. The molecule has 1 atom stereocenters. The molecule has 1 fully saturated rings. The van der Waals surface area contributed by atoms with Crippen LogP contribution in [0.25, 0.3) is 11.1 Å². The molecule has 2 aromatic rings. The Balaban J connectivity index is 2.21. The summed E-state index contributed by atoms with van der Waals surface area (Å²) < 4.78 is 41.8. The lowest BCUT2D eigenvalue weighted by atomic mass is 9.99. The number of aromatic nitrogens is 2. The number of aryl methyl sites for hydroxylation is 1. The molecule has 0 amide bonds. The van der Waals surface area contributed by atoms with Gasteiger partial charge in [-0.05, 0) is 25.7 Å². The number of hydrogen-bond acceptors (Lipinski definition) is 3. The molecule has 1 aliphatic heterocycles. The summed E-state index contributed by atoms with van der Waals surface area (Å²) in [6, 6.07) is 1.27. The maximum Gasteiger partial charge on any atom is 0.142 e. The molecule has 0 N–H and O–H groups in total. The molecule has 0 saturated carbocycles. The minimum atomic E-state index is -1.02. The predicted molar refractivity (Wildman–Crippen MR) is 87.7 cm³/mol. The van der Waals surface area contributed by atoms with Gasteiger partial charge in [-0.15, -0.1) is 0 Å². The summed E-state index contributed by atoms with van der Waals surface area (Å²) in [5.41, 5.74) is -0.319. The van der Waals surface area contributed by atoms with Crippen LogP contribution in [0.15, 0.2) is 12.1 Å². The zero-order valence-electron chi connectivity index (χ0n) is 13.4. The fourth-order valence-electron chi connectivity index (χ4n) is 3.13. The maximum absolute atomic E-state index is 14.3. The molecule has 0 bridgehead atoms. The summed E-state index contributed by atoms with van der Waals surface area (Å²) in [5.74, 6) is -1.78. The molecule has 0 spiro atoms. The lowest BCUT2D eigenvalue weighted by Gasteiger charge is -2.33. The van der Waals surface area contributed by atoms with Crippen molar-refractivity contribution in [2.24, 2.45) is 5.92 Å². The van der Waals surface area contributed by atoms with Crippen LogP contribution in [0.5, 0.6) is 0 Å². The van der Waals surface area contributed by atoms with E-state index in [9.17, 15) is 13.2 Å². The Morgan fingerprint density at radius 3 is 2.42 bits per heavy atom.